The molecule has 1 aromatic rings. The first kappa shape index (κ1) is 17.8. The van der Waals surface area contributed by atoms with Crippen LogP contribution >= 0.6 is 22.6 Å². The van der Waals surface area contributed by atoms with E-state index in [0.717, 1.165) is 0 Å². The van der Waals surface area contributed by atoms with Crippen LogP contribution in [0.15, 0.2) is 18.2 Å². The molecule has 0 fully saturated rings. The third-order valence-electron chi connectivity index (χ3n) is 2.81. The van der Waals surface area contributed by atoms with Crippen LogP contribution in [-0.2, 0) is 9.47 Å². The molecule has 1 rings (SSSR count). The van der Waals surface area contributed by atoms with Crippen molar-refractivity contribution in [2.45, 2.75) is 0 Å². The molecule has 1 amide bonds. The van der Waals surface area contributed by atoms with Crippen molar-refractivity contribution < 1.29 is 19.2 Å². The summed E-state index contributed by atoms with van der Waals surface area (Å²) in [5.74, 6) is -0.266. The summed E-state index contributed by atoms with van der Waals surface area (Å²) in [6.45, 7) is 1.58. The molecule has 21 heavy (non-hydrogen) atoms. The molecule has 0 saturated carbocycles. The summed E-state index contributed by atoms with van der Waals surface area (Å²) in [5, 5.41) is 10.8. The van der Waals surface area contributed by atoms with Crippen molar-refractivity contribution in [3.8, 4) is 0 Å². The quantitative estimate of drug-likeness (QED) is 0.373. The van der Waals surface area contributed by atoms with Gasteiger partial charge in [-0.15, -0.1) is 0 Å². The molecular weight excluding hydrogens is 391 g/mol. The number of hydrogen-bond donors (Lipinski definition) is 0. The van der Waals surface area contributed by atoms with Crippen LogP contribution in [0.4, 0.5) is 5.69 Å². The number of rotatable bonds is 8. The van der Waals surface area contributed by atoms with Crippen molar-refractivity contribution >= 4 is 34.2 Å². The molecule has 0 unspecified atom stereocenters. The van der Waals surface area contributed by atoms with Crippen LogP contribution < -0.4 is 0 Å². The molecule has 0 radical (unpaired) electrons. The SMILES string of the molecule is COCCN(CCOC)C(=O)c1cc([N+](=O)[O-])ccc1I. The Kier molecular flexibility index (Phi) is 7.54. The molecule has 0 heterocycles. The van der Waals surface area contributed by atoms with Gasteiger partial charge in [-0.05, 0) is 28.7 Å². The van der Waals surface area contributed by atoms with Gasteiger partial charge in [0, 0.05) is 43.0 Å². The van der Waals surface area contributed by atoms with Crippen LogP contribution in [0, 0.1) is 13.7 Å². The molecule has 0 aliphatic heterocycles. The molecule has 0 N–H and O–H groups in total. The van der Waals surface area contributed by atoms with Crippen LogP contribution in [0.25, 0.3) is 0 Å². The highest BCUT2D eigenvalue weighted by atomic mass is 127. The van der Waals surface area contributed by atoms with Gasteiger partial charge in [0.2, 0.25) is 0 Å². The highest BCUT2D eigenvalue weighted by Crippen LogP contribution is 2.21. The Morgan fingerprint density at radius 3 is 2.33 bits per heavy atom. The lowest BCUT2D eigenvalue weighted by molar-refractivity contribution is -0.384. The topological polar surface area (TPSA) is 81.9 Å². The van der Waals surface area contributed by atoms with Gasteiger partial charge < -0.3 is 14.4 Å². The number of ether oxygens (including phenoxy) is 2. The van der Waals surface area contributed by atoms with Crippen molar-refractivity contribution in [3.05, 3.63) is 37.4 Å². The second-order valence-electron chi connectivity index (χ2n) is 4.20. The van der Waals surface area contributed by atoms with Crippen molar-refractivity contribution in [1.29, 1.82) is 0 Å². The van der Waals surface area contributed by atoms with Crippen molar-refractivity contribution in [1.82, 2.24) is 4.90 Å². The summed E-state index contributed by atoms with van der Waals surface area (Å²) in [4.78, 5) is 24.4. The van der Waals surface area contributed by atoms with Crippen molar-refractivity contribution in [2.75, 3.05) is 40.5 Å². The van der Waals surface area contributed by atoms with Crippen LogP contribution in [0.5, 0.6) is 0 Å². The van der Waals surface area contributed by atoms with Crippen LogP contribution in [0.1, 0.15) is 10.4 Å². The molecule has 8 heteroatoms. The third-order valence-corrected chi connectivity index (χ3v) is 3.75. The second kappa shape index (κ2) is 8.90. The third kappa shape index (κ3) is 5.21. The van der Waals surface area contributed by atoms with E-state index in [1.165, 1.54) is 12.1 Å². The van der Waals surface area contributed by atoms with Crippen LogP contribution in [0.3, 0.4) is 0 Å². The van der Waals surface area contributed by atoms with Crippen molar-refractivity contribution in [2.24, 2.45) is 0 Å². The first-order valence-corrected chi connectivity index (χ1v) is 7.30. The fourth-order valence-corrected chi connectivity index (χ4v) is 2.25. The molecule has 0 bridgehead atoms. The summed E-state index contributed by atoms with van der Waals surface area (Å²) in [6.07, 6.45) is 0. The summed E-state index contributed by atoms with van der Waals surface area (Å²) in [6, 6.07) is 4.25. The summed E-state index contributed by atoms with van der Waals surface area (Å²) in [7, 11) is 3.10. The zero-order valence-electron chi connectivity index (χ0n) is 11.9. The molecule has 1 aromatic carbocycles. The lowest BCUT2D eigenvalue weighted by atomic mass is 10.1. The number of halogens is 1. The molecule has 0 atom stereocenters. The number of amides is 1. The number of carbonyl (C=O) groups is 1. The van der Waals surface area contributed by atoms with Gasteiger partial charge in [-0.2, -0.15) is 0 Å². The maximum absolute atomic E-state index is 12.5. The van der Waals surface area contributed by atoms with E-state index < -0.39 is 4.92 Å². The fraction of sp³-hybridized carbons (Fsp3) is 0.462. The molecule has 0 saturated heterocycles. The predicted molar refractivity (Wildman–Crippen MR) is 85.5 cm³/mol. The van der Waals surface area contributed by atoms with Crippen LogP contribution in [-0.4, -0.2) is 56.3 Å². The highest BCUT2D eigenvalue weighted by Gasteiger charge is 2.20. The molecule has 0 aliphatic carbocycles. The largest absolute Gasteiger partial charge is 0.383 e. The lowest BCUT2D eigenvalue weighted by Crippen LogP contribution is -2.36. The number of benzene rings is 1. The Bertz CT molecular complexity index is 501. The molecule has 0 aromatic heterocycles. The number of nitro benzene ring substituents is 1. The molecule has 0 aliphatic rings. The Labute approximate surface area is 136 Å². The van der Waals surface area contributed by atoms with Gasteiger partial charge in [0.25, 0.3) is 11.6 Å². The van der Waals surface area contributed by atoms with E-state index in [9.17, 15) is 14.9 Å². The maximum Gasteiger partial charge on any atom is 0.270 e. The van der Waals surface area contributed by atoms with Gasteiger partial charge in [0.1, 0.15) is 0 Å². The monoisotopic (exact) mass is 408 g/mol. The van der Waals surface area contributed by atoms with E-state index in [0.29, 0.717) is 35.4 Å². The normalized spacial score (nSPS) is 10.4. The van der Waals surface area contributed by atoms with Gasteiger partial charge in [-0.1, -0.05) is 0 Å². The van der Waals surface area contributed by atoms with E-state index in [-0.39, 0.29) is 11.6 Å². The zero-order valence-corrected chi connectivity index (χ0v) is 14.0. The van der Waals surface area contributed by atoms with E-state index in [4.69, 9.17) is 9.47 Å². The zero-order chi connectivity index (χ0) is 15.8. The van der Waals surface area contributed by atoms with Gasteiger partial charge in [0.05, 0.1) is 23.7 Å². The Morgan fingerprint density at radius 1 is 1.29 bits per heavy atom. The number of methoxy groups -OCH3 is 2. The van der Waals surface area contributed by atoms with E-state index in [2.05, 4.69) is 0 Å². The number of carbonyl (C=O) groups excluding carboxylic acids is 1. The highest BCUT2D eigenvalue weighted by molar-refractivity contribution is 14.1. The Morgan fingerprint density at radius 2 is 1.86 bits per heavy atom. The lowest BCUT2D eigenvalue weighted by Gasteiger charge is -2.22. The fourth-order valence-electron chi connectivity index (χ4n) is 1.68. The predicted octanol–water partition coefficient (Wildman–Crippen LogP) is 1.93. The first-order valence-electron chi connectivity index (χ1n) is 6.22. The summed E-state index contributed by atoms with van der Waals surface area (Å²) < 4.78 is 10.6. The number of nitrogens with zero attached hydrogens (tertiary/aromatic N) is 2. The Hall–Kier alpha value is -1.26. The molecule has 0 spiro atoms. The average molecular weight is 408 g/mol. The van der Waals surface area contributed by atoms with E-state index in [1.54, 1.807) is 25.2 Å². The van der Waals surface area contributed by atoms with Gasteiger partial charge in [-0.3, -0.25) is 14.9 Å². The van der Waals surface area contributed by atoms with E-state index >= 15 is 0 Å². The first-order chi connectivity index (χ1) is 10.0. The minimum Gasteiger partial charge on any atom is -0.383 e. The van der Waals surface area contributed by atoms with Gasteiger partial charge in [0.15, 0.2) is 0 Å². The standard InChI is InChI=1S/C13H17IN2O5/c1-20-7-5-15(6-8-21-2)13(17)11-9-10(16(18)19)3-4-12(11)14/h3-4,9H,5-8H2,1-2H3. The van der Waals surface area contributed by atoms with E-state index in [1.807, 2.05) is 22.6 Å². The minimum atomic E-state index is -0.512. The smallest absolute Gasteiger partial charge is 0.270 e. The van der Waals surface area contributed by atoms with Crippen LogP contribution in [0.2, 0.25) is 0 Å². The van der Waals surface area contributed by atoms with Gasteiger partial charge >= 0.3 is 0 Å². The minimum absolute atomic E-state index is 0.0998. The number of hydrogen-bond acceptors (Lipinski definition) is 5. The Balaban J connectivity index is 3.00. The molecule has 7 nitrogen and oxygen atoms in total. The van der Waals surface area contributed by atoms with Gasteiger partial charge in [-0.25, -0.2) is 0 Å². The summed E-state index contributed by atoms with van der Waals surface area (Å²) in [5.41, 5.74) is 0.217. The average Bonchev–Trinajstić information content (AvgIpc) is 2.47. The summed E-state index contributed by atoms with van der Waals surface area (Å²) >= 11 is 1.99. The molecular formula is C13H17IN2O5. The maximum atomic E-state index is 12.5. The second-order valence-corrected chi connectivity index (χ2v) is 5.36. The van der Waals surface area contributed by atoms with Crippen molar-refractivity contribution in [3.63, 3.8) is 0 Å². The number of non-ortho nitro benzene ring substituents is 1. The number of nitro groups is 1. The molecule has 116 valence electrons.